The molecule has 2 aromatic heterocycles. The number of nitrogens with zero attached hydrogens (tertiary/aromatic N) is 4. The Morgan fingerprint density at radius 1 is 1.06 bits per heavy atom. The molecule has 2 aromatic carbocycles. The van der Waals surface area contributed by atoms with E-state index in [9.17, 15) is 9.18 Å². The van der Waals surface area contributed by atoms with E-state index < -0.39 is 5.82 Å². The summed E-state index contributed by atoms with van der Waals surface area (Å²) in [5, 5.41) is 2.76. The molecule has 0 atom stereocenters. The Balaban J connectivity index is 1.34. The Hall–Kier alpha value is -2.84. The first-order chi connectivity index (χ1) is 15.0. The number of benzene rings is 2. The molecule has 1 N–H and O–H groups in total. The van der Waals surface area contributed by atoms with Crippen molar-refractivity contribution in [1.82, 2.24) is 14.3 Å². The van der Waals surface area contributed by atoms with Crippen LogP contribution in [0.15, 0.2) is 59.2 Å². The molecule has 1 fully saturated rings. The van der Waals surface area contributed by atoms with E-state index >= 15 is 0 Å². The van der Waals surface area contributed by atoms with Gasteiger partial charge < -0.3 is 19.5 Å². The first-order valence-corrected chi connectivity index (χ1v) is 11.0. The first kappa shape index (κ1) is 20.1. The lowest BCUT2D eigenvalue weighted by Gasteiger charge is -2.35. The molecule has 0 saturated carbocycles. The van der Waals surface area contributed by atoms with Gasteiger partial charge in [0.15, 0.2) is 5.82 Å². The largest absolute Gasteiger partial charge is 0.351 e. The zero-order valence-electron chi connectivity index (χ0n) is 16.4. The van der Waals surface area contributed by atoms with Crippen molar-refractivity contribution in [1.29, 1.82) is 0 Å². The van der Waals surface area contributed by atoms with E-state index in [4.69, 9.17) is 16.6 Å². The number of piperazine rings is 1. The molecule has 31 heavy (non-hydrogen) atoms. The summed E-state index contributed by atoms with van der Waals surface area (Å²) in [7, 11) is 0. The lowest BCUT2D eigenvalue weighted by atomic mass is 10.2. The lowest BCUT2D eigenvalue weighted by molar-refractivity contribution is 0.208. The minimum atomic E-state index is -0.514. The molecule has 5 rings (SSSR count). The molecule has 3 heterocycles. The van der Waals surface area contributed by atoms with E-state index in [2.05, 4.69) is 36.6 Å². The van der Waals surface area contributed by atoms with Gasteiger partial charge in [-0.3, -0.25) is 0 Å². The summed E-state index contributed by atoms with van der Waals surface area (Å²) in [6, 6.07) is 14.0. The molecule has 6 nitrogen and oxygen atoms in total. The van der Waals surface area contributed by atoms with Gasteiger partial charge in [-0.05, 0) is 48.5 Å². The summed E-state index contributed by atoms with van der Waals surface area (Å²) in [4.78, 5) is 21.5. The fourth-order valence-electron chi connectivity index (χ4n) is 3.86. The van der Waals surface area contributed by atoms with Crippen LogP contribution in [0.3, 0.4) is 0 Å². The van der Waals surface area contributed by atoms with Gasteiger partial charge in [-0.2, -0.15) is 0 Å². The number of urea groups is 1. The van der Waals surface area contributed by atoms with Crippen molar-refractivity contribution in [3.8, 4) is 0 Å². The van der Waals surface area contributed by atoms with Crippen molar-refractivity contribution < 1.29 is 9.18 Å². The third-order valence-electron chi connectivity index (χ3n) is 5.44. The smallest absolute Gasteiger partial charge is 0.321 e. The van der Waals surface area contributed by atoms with E-state index in [0.717, 1.165) is 26.8 Å². The topological polar surface area (TPSA) is 52.9 Å². The van der Waals surface area contributed by atoms with Crippen LogP contribution < -0.4 is 10.2 Å². The number of fused-ring (bicyclic) bond motifs is 3. The van der Waals surface area contributed by atoms with Crippen molar-refractivity contribution in [3.63, 3.8) is 0 Å². The Labute approximate surface area is 191 Å². The highest BCUT2D eigenvalue weighted by Crippen LogP contribution is 2.28. The molecule has 4 aromatic rings. The van der Waals surface area contributed by atoms with Crippen LogP contribution in [0, 0.1) is 5.82 Å². The van der Waals surface area contributed by atoms with Gasteiger partial charge in [-0.25, -0.2) is 14.2 Å². The van der Waals surface area contributed by atoms with Crippen LogP contribution in [0.25, 0.3) is 16.6 Å². The van der Waals surface area contributed by atoms with Crippen molar-refractivity contribution in [2.45, 2.75) is 0 Å². The molecule has 1 saturated heterocycles. The second-order valence-corrected chi connectivity index (χ2v) is 8.69. The average Bonchev–Trinajstić information content (AvgIpc) is 3.26. The molecule has 0 unspecified atom stereocenters. The fraction of sp³-hybridized carbons (Fsp3) is 0.182. The summed E-state index contributed by atoms with van der Waals surface area (Å²) in [6.07, 6.45) is 2.04. The van der Waals surface area contributed by atoms with E-state index in [-0.39, 0.29) is 11.1 Å². The zero-order valence-corrected chi connectivity index (χ0v) is 18.7. The van der Waals surface area contributed by atoms with E-state index in [0.29, 0.717) is 31.9 Å². The molecule has 0 bridgehead atoms. The van der Waals surface area contributed by atoms with Crippen LogP contribution in [-0.4, -0.2) is 46.5 Å². The number of aromatic nitrogens is 2. The summed E-state index contributed by atoms with van der Waals surface area (Å²) < 4.78 is 16.5. The average molecular weight is 503 g/mol. The molecule has 0 aliphatic carbocycles. The second kappa shape index (κ2) is 8.01. The Kier molecular flexibility index (Phi) is 5.19. The zero-order chi connectivity index (χ0) is 21.5. The monoisotopic (exact) mass is 501 g/mol. The number of carbonyl (C=O) groups excluding carboxylic acids is 1. The second-order valence-electron chi connectivity index (χ2n) is 7.37. The van der Waals surface area contributed by atoms with E-state index in [1.807, 2.05) is 30.5 Å². The maximum Gasteiger partial charge on any atom is 0.321 e. The van der Waals surface area contributed by atoms with Crippen LogP contribution in [-0.2, 0) is 0 Å². The standard InChI is InChI=1S/C22H18BrClFN5O/c23-14-3-6-19-18(12-14)27-21(20-2-1-7-30(19)20)28-8-10-29(11-9-28)22(31)26-15-4-5-17(25)16(24)13-15/h1-7,12-13H,8-11H2,(H,26,31). The number of hydrogen-bond acceptors (Lipinski definition) is 3. The van der Waals surface area contributed by atoms with Gasteiger partial charge in [-0.15, -0.1) is 0 Å². The molecule has 2 amide bonds. The van der Waals surface area contributed by atoms with Gasteiger partial charge in [0.05, 0.1) is 21.6 Å². The number of hydrogen-bond donors (Lipinski definition) is 1. The Bertz CT molecular complexity index is 1300. The number of amides is 2. The summed E-state index contributed by atoms with van der Waals surface area (Å²) in [5.74, 6) is 0.390. The number of halogens is 3. The van der Waals surface area contributed by atoms with Crippen LogP contribution in [0.5, 0.6) is 0 Å². The Morgan fingerprint density at radius 2 is 1.87 bits per heavy atom. The van der Waals surface area contributed by atoms with Gasteiger partial charge in [0.1, 0.15) is 5.82 Å². The summed E-state index contributed by atoms with van der Waals surface area (Å²) in [5.41, 5.74) is 3.45. The van der Waals surface area contributed by atoms with Crippen molar-refractivity contribution in [3.05, 3.63) is 70.0 Å². The minimum absolute atomic E-state index is 0.0205. The molecule has 1 aliphatic rings. The Morgan fingerprint density at radius 3 is 2.65 bits per heavy atom. The molecule has 0 spiro atoms. The molecule has 158 valence electrons. The van der Waals surface area contributed by atoms with Gasteiger partial charge in [0.2, 0.25) is 0 Å². The number of anilines is 2. The highest BCUT2D eigenvalue weighted by atomic mass is 79.9. The quantitative estimate of drug-likeness (QED) is 0.399. The number of nitrogens with one attached hydrogen (secondary N) is 1. The van der Waals surface area contributed by atoms with Gasteiger partial charge >= 0.3 is 6.03 Å². The van der Waals surface area contributed by atoms with Crippen LogP contribution in [0.1, 0.15) is 0 Å². The van der Waals surface area contributed by atoms with Crippen LogP contribution in [0.4, 0.5) is 20.7 Å². The highest BCUT2D eigenvalue weighted by molar-refractivity contribution is 9.10. The van der Waals surface area contributed by atoms with Gasteiger partial charge in [0, 0.05) is 42.5 Å². The maximum atomic E-state index is 13.3. The first-order valence-electron chi connectivity index (χ1n) is 9.82. The van der Waals surface area contributed by atoms with Crippen molar-refractivity contribution in [2.75, 3.05) is 36.4 Å². The SMILES string of the molecule is O=C(Nc1ccc(F)c(Cl)c1)N1CCN(c2nc3cc(Br)ccc3n3cccc23)CC1. The van der Waals surface area contributed by atoms with Crippen molar-refractivity contribution >= 4 is 61.6 Å². The molecule has 9 heteroatoms. The predicted molar refractivity (Wildman–Crippen MR) is 125 cm³/mol. The molecular formula is C22H18BrClFN5O. The molecule has 1 aliphatic heterocycles. The van der Waals surface area contributed by atoms with Crippen LogP contribution in [0.2, 0.25) is 5.02 Å². The summed E-state index contributed by atoms with van der Waals surface area (Å²) in [6.45, 7) is 2.41. The molecule has 0 radical (unpaired) electrons. The third-order valence-corrected chi connectivity index (χ3v) is 6.22. The third kappa shape index (κ3) is 3.81. The summed E-state index contributed by atoms with van der Waals surface area (Å²) >= 11 is 9.33. The molecular weight excluding hydrogens is 485 g/mol. The number of carbonyl (C=O) groups is 1. The van der Waals surface area contributed by atoms with Crippen LogP contribution >= 0.6 is 27.5 Å². The van der Waals surface area contributed by atoms with Gasteiger partial charge in [-0.1, -0.05) is 27.5 Å². The van der Waals surface area contributed by atoms with E-state index in [1.54, 1.807) is 4.90 Å². The minimum Gasteiger partial charge on any atom is -0.351 e. The fourth-order valence-corrected chi connectivity index (χ4v) is 4.39. The predicted octanol–water partition coefficient (Wildman–Crippen LogP) is 5.40. The lowest BCUT2D eigenvalue weighted by Crippen LogP contribution is -2.50. The highest BCUT2D eigenvalue weighted by Gasteiger charge is 2.24. The van der Waals surface area contributed by atoms with Gasteiger partial charge in [0.25, 0.3) is 0 Å². The number of rotatable bonds is 2. The van der Waals surface area contributed by atoms with E-state index in [1.165, 1.54) is 18.2 Å². The normalized spacial score (nSPS) is 14.4. The maximum absolute atomic E-state index is 13.3. The van der Waals surface area contributed by atoms with Crippen molar-refractivity contribution in [2.24, 2.45) is 0 Å².